The molecule has 0 amide bonds. The summed E-state index contributed by atoms with van der Waals surface area (Å²) in [6.45, 7) is 4.47. The number of ether oxygens (including phenoxy) is 1. The minimum atomic E-state index is 0.357. The summed E-state index contributed by atoms with van der Waals surface area (Å²) in [6.07, 6.45) is 2.70. The Labute approximate surface area is 95.6 Å². The normalized spacial score (nSPS) is 21.4. The van der Waals surface area contributed by atoms with Crippen molar-refractivity contribution in [2.24, 2.45) is 5.41 Å². The van der Waals surface area contributed by atoms with Crippen molar-refractivity contribution >= 4 is 11.6 Å². The first-order chi connectivity index (χ1) is 7.58. The minimum Gasteiger partial charge on any atom is -0.490 e. The monoisotopic (exact) mass is 222 g/mol. The van der Waals surface area contributed by atoms with E-state index in [2.05, 4.69) is 34.4 Å². The summed E-state index contributed by atoms with van der Waals surface area (Å²) in [5, 5.41) is 6.37. The van der Waals surface area contributed by atoms with Crippen molar-refractivity contribution in [3.63, 3.8) is 0 Å². The molecule has 1 atom stereocenters. The van der Waals surface area contributed by atoms with E-state index in [0.717, 1.165) is 12.2 Å². The number of hydrogen-bond donors (Lipinski definition) is 2. The molecular weight excluding hydrogens is 204 g/mol. The van der Waals surface area contributed by atoms with Crippen LogP contribution in [0.4, 0.5) is 11.6 Å². The summed E-state index contributed by atoms with van der Waals surface area (Å²) >= 11 is 0. The Hall–Kier alpha value is -1.52. The molecule has 88 valence electrons. The highest BCUT2D eigenvalue weighted by Gasteiger charge is 2.46. The van der Waals surface area contributed by atoms with Crippen molar-refractivity contribution in [1.82, 2.24) is 9.97 Å². The van der Waals surface area contributed by atoms with Crippen LogP contribution < -0.4 is 15.4 Å². The summed E-state index contributed by atoms with van der Waals surface area (Å²) < 4.78 is 5.31. The molecule has 0 saturated heterocycles. The van der Waals surface area contributed by atoms with Crippen molar-refractivity contribution in [3.8, 4) is 5.75 Å². The first kappa shape index (κ1) is 11.0. The zero-order chi connectivity index (χ0) is 11.8. The molecule has 1 unspecified atom stereocenters. The zero-order valence-electron chi connectivity index (χ0n) is 10.2. The van der Waals surface area contributed by atoms with Crippen molar-refractivity contribution in [1.29, 1.82) is 0 Å². The standard InChI is InChI=1S/C11H18N4O/c1-11(2)5-7(11)15-10-8(16-4)9(12-3)13-6-14-10/h6-7H,5H2,1-4H3,(H2,12,13,14,15). The van der Waals surface area contributed by atoms with E-state index < -0.39 is 0 Å². The van der Waals surface area contributed by atoms with E-state index >= 15 is 0 Å². The molecule has 1 aliphatic rings. The summed E-state index contributed by atoms with van der Waals surface area (Å²) in [6, 6.07) is 0.473. The SMILES string of the molecule is CNc1ncnc(NC2CC2(C)C)c1OC. The molecule has 0 spiro atoms. The Morgan fingerprint density at radius 3 is 2.50 bits per heavy atom. The molecular formula is C11H18N4O. The first-order valence-electron chi connectivity index (χ1n) is 5.42. The van der Waals surface area contributed by atoms with Gasteiger partial charge in [0.1, 0.15) is 6.33 Å². The van der Waals surface area contributed by atoms with Gasteiger partial charge in [-0.15, -0.1) is 0 Å². The lowest BCUT2D eigenvalue weighted by atomic mass is 10.2. The molecule has 0 bridgehead atoms. The fourth-order valence-electron chi connectivity index (χ4n) is 1.73. The largest absolute Gasteiger partial charge is 0.490 e. The van der Waals surface area contributed by atoms with E-state index in [1.165, 1.54) is 6.33 Å². The number of rotatable bonds is 4. The summed E-state index contributed by atoms with van der Waals surface area (Å²) in [4.78, 5) is 8.32. The van der Waals surface area contributed by atoms with Gasteiger partial charge in [-0.1, -0.05) is 13.8 Å². The second-order valence-corrected chi connectivity index (χ2v) is 4.74. The minimum absolute atomic E-state index is 0.357. The van der Waals surface area contributed by atoms with E-state index in [9.17, 15) is 0 Å². The molecule has 2 rings (SSSR count). The lowest BCUT2D eigenvalue weighted by Crippen LogP contribution is -2.12. The molecule has 1 aromatic heterocycles. The average Bonchev–Trinajstić information content (AvgIpc) is 2.85. The maximum Gasteiger partial charge on any atom is 0.204 e. The van der Waals surface area contributed by atoms with E-state index in [-0.39, 0.29) is 0 Å². The number of hydrogen-bond acceptors (Lipinski definition) is 5. The van der Waals surface area contributed by atoms with Gasteiger partial charge < -0.3 is 15.4 Å². The van der Waals surface area contributed by atoms with Gasteiger partial charge in [0, 0.05) is 13.1 Å². The third-order valence-corrected chi connectivity index (χ3v) is 3.07. The number of nitrogens with zero attached hydrogens (tertiary/aromatic N) is 2. The number of anilines is 2. The highest BCUT2D eigenvalue weighted by molar-refractivity contribution is 5.64. The maximum atomic E-state index is 5.31. The van der Waals surface area contributed by atoms with Crippen LogP contribution in [0.3, 0.4) is 0 Å². The second-order valence-electron chi connectivity index (χ2n) is 4.74. The summed E-state index contributed by atoms with van der Waals surface area (Å²) in [5.41, 5.74) is 0.357. The van der Waals surface area contributed by atoms with Crippen LogP contribution in [0.5, 0.6) is 5.75 Å². The maximum absolute atomic E-state index is 5.31. The first-order valence-corrected chi connectivity index (χ1v) is 5.42. The smallest absolute Gasteiger partial charge is 0.204 e. The van der Waals surface area contributed by atoms with Gasteiger partial charge in [0.2, 0.25) is 5.75 Å². The predicted octanol–water partition coefficient (Wildman–Crippen LogP) is 1.74. The Morgan fingerprint density at radius 1 is 1.38 bits per heavy atom. The van der Waals surface area contributed by atoms with Gasteiger partial charge in [0.05, 0.1) is 7.11 Å². The number of aromatic nitrogens is 2. The van der Waals surface area contributed by atoms with Gasteiger partial charge in [0.15, 0.2) is 11.6 Å². The molecule has 5 heteroatoms. The number of nitrogens with one attached hydrogen (secondary N) is 2. The molecule has 1 aliphatic carbocycles. The fourth-order valence-corrected chi connectivity index (χ4v) is 1.73. The van der Waals surface area contributed by atoms with Crippen molar-refractivity contribution in [2.45, 2.75) is 26.3 Å². The van der Waals surface area contributed by atoms with Crippen LogP contribution in [0.15, 0.2) is 6.33 Å². The lowest BCUT2D eigenvalue weighted by Gasteiger charge is -2.13. The van der Waals surface area contributed by atoms with E-state index in [1.54, 1.807) is 7.11 Å². The Morgan fingerprint density at radius 2 is 2.00 bits per heavy atom. The molecule has 5 nitrogen and oxygen atoms in total. The van der Waals surface area contributed by atoms with Gasteiger partial charge in [-0.25, -0.2) is 9.97 Å². The summed E-state index contributed by atoms with van der Waals surface area (Å²) in [5.74, 6) is 2.14. The molecule has 16 heavy (non-hydrogen) atoms. The molecule has 0 aromatic carbocycles. The molecule has 1 aromatic rings. The van der Waals surface area contributed by atoms with Crippen LogP contribution in [0.2, 0.25) is 0 Å². The molecule has 0 radical (unpaired) electrons. The Bertz CT molecular complexity index is 392. The van der Waals surface area contributed by atoms with Crippen LogP contribution in [0.25, 0.3) is 0 Å². The molecule has 1 heterocycles. The van der Waals surface area contributed by atoms with Crippen LogP contribution in [-0.4, -0.2) is 30.2 Å². The van der Waals surface area contributed by atoms with Gasteiger partial charge in [-0.05, 0) is 11.8 Å². The van der Waals surface area contributed by atoms with Crippen LogP contribution in [-0.2, 0) is 0 Å². The van der Waals surface area contributed by atoms with E-state index in [4.69, 9.17) is 4.74 Å². The third kappa shape index (κ3) is 1.89. The topological polar surface area (TPSA) is 59.1 Å². The van der Waals surface area contributed by atoms with Crippen molar-refractivity contribution < 1.29 is 4.74 Å². The second kappa shape index (κ2) is 3.81. The van der Waals surface area contributed by atoms with Crippen molar-refractivity contribution in [2.75, 3.05) is 24.8 Å². The van der Waals surface area contributed by atoms with Crippen LogP contribution >= 0.6 is 0 Å². The Balaban J connectivity index is 2.20. The van der Waals surface area contributed by atoms with Crippen molar-refractivity contribution in [3.05, 3.63) is 6.33 Å². The highest BCUT2D eigenvalue weighted by Crippen LogP contribution is 2.47. The lowest BCUT2D eigenvalue weighted by molar-refractivity contribution is 0.414. The number of methoxy groups -OCH3 is 1. The molecule has 2 N–H and O–H groups in total. The quantitative estimate of drug-likeness (QED) is 0.812. The molecule has 1 fully saturated rings. The highest BCUT2D eigenvalue weighted by atomic mass is 16.5. The van der Waals surface area contributed by atoms with E-state index in [1.807, 2.05) is 7.05 Å². The Kier molecular flexibility index (Phi) is 2.61. The molecule has 0 aliphatic heterocycles. The fraction of sp³-hybridized carbons (Fsp3) is 0.636. The molecule has 1 saturated carbocycles. The van der Waals surface area contributed by atoms with Gasteiger partial charge in [0.25, 0.3) is 0 Å². The van der Waals surface area contributed by atoms with Crippen LogP contribution in [0, 0.1) is 5.41 Å². The van der Waals surface area contributed by atoms with Gasteiger partial charge >= 0.3 is 0 Å². The van der Waals surface area contributed by atoms with Gasteiger partial charge in [-0.2, -0.15) is 0 Å². The third-order valence-electron chi connectivity index (χ3n) is 3.07. The van der Waals surface area contributed by atoms with Crippen LogP contribution in [0.1, 0.15) is 20.3 Å². The van der Waals surface area contributed by atoms with Gasteiger partial charge in [-0.3, -0.25) is 0 Å². The summed E-state index contributed by atoms with van der Waals surface area (Å²) in [7, 11) is 3.44. The van der Waals surface area contributed by atoms with E-state index in [0.29, 0.717) is 23.0 Å². The average molecular weight is 222 g/mol. The zero-order valence-corrected chi connectivity index (χ0v) is 10.2. The predicted molar refractivity (Wildman–Crippen MR) is 63.9 cm³/mol.